The first kappa shape index (κ1) is 18.9. The summed E-state index contributed by atoms with van der Waals surface area (Å²) < 4.78 is 0. The Kier molecular flexibility index (Phi) is 5.98. The van der Waals surface area contributed by atoms with Gasteiger partial charge in [0.25, 0.3) is 0 Å². The number of hydrogen-bond acceptors (Lipinski definition) is 4. The van der Waals surface area contributed by atoms with Gasteiger partial charge in [0.15, 0.2) is 0 Å². The van der Waals surface area contributed by atoms with Crippen molar-refractivity contribution in [1.82, 2.24) is 4.90 Å². The summed E-state index contributed by atoms with van der Waals surface area (Å²) in [5.74, 6) is 0.540. The van der Waals surface area contributed by atoms with Crippen molar-refractivity contribution in [3.63, 3.8) is 0 Å². The van der Waals surface area contributed by atoms with Crippen molar-refractivity contribution >= 4 is 33.8 Å². The highest BCUT2D eigenvalue weighted by molar-refractivity contribution is 7.16. The SMILES string of the molecule is C[C@H]1CCc2c(sc(NC(=O)CN(C)Cc3cccc(Cl)c3)c2C#N)C1. The van der Waals surface area contributed by atoms with Crippen LogP contribution < -0.4 is 5.32 Å². The van der Waals surface area contributed by atoms with E-state index in [1.165, 1.54) is 4.88 Å². The molecule has 1 heterocycles. The van der Waals surface area contributed by atoms with E-state index in [4.69, 9.17) is 11.6 Å². The number of halogens is 1. The van der Waals surface area contributed by atoms with Gasteiger partial charge in [-0.05, 0) is 55.5 Å². The molecule has 0 radical (unpaired) electrons. The fourth-order valence-corrected chi connectivity index (χ4v) is 4.96. The van der Waals surface area contributed by atoms with Gasteiger partial charge < -0.3 is 5.32 Å². The van der Waals surface area contributed by atoms with Crippen molar-refractivity contribution in [3.8, 4) is 6.07 Å². The summed E-state index contributed by atoms with van der Waals surface area (Å²) in [6, 6.07) is 9.92. The van der Waals surface area contributed by atoms with Crippen LogP contribution in [0.2, 0.25) is 5.02 Å². The molecular weight excluding hydrogens is 366 g/mol. The van der Waals surface area contributed by atoms with Gasteiger partial charge in [0.1, 0.15) is 11.1 Å². The van der Waals surface area contributed by atoms with Crippen molar-refractivity contribution < 1.29 is 4.79 Å². The van der Waals surface area contributed by atoms with Crippen molar-refractivity contribution in [2.75, 3.05) is 18.9 Å². The maximum absolute atomic E-state index is 12.4. The maximum Gasteiger partial charge on any atom is 0.239 e. The number of nitrogens with one attached hydrogen (secondary N) is 1. The molecule has 3 rings (SSSR count). The summed E-state index contributed by atoms with van der Waals surface area (Å²) in [5, 5.41) is 13.9. The van der Waals surface area contributed by atoms with E-state index in [1.807, 2.05) is 36.2 Å². The Morgan fingerprint density at radius 2 is 2.31 bits per heavy atom. The molecule has 1 aliphatic rings. The van der Waals surface area contributed by atoms with E-state index in [0.717, 1.165) is 30.4 Å². The number of fused-ring (bicyclic) bond motifs is 1. The molecule has 6 heteroatoms. The summed E-state index contributed by atoms with van der Waals surface area (Å²) in [4.78, 5) is 15.6. The number of nitrogens with zero attached hydrogens (tertiary/aromatic N) is 2. The smallest absolute Gasteiger partial charge is 0.239 e. The molecule has 0 spiro atoms. The molecule has 0 saturated carbocycles. The largest absolute Gasteiger partial charge is 0.315 e. The molecule has 0 bridgehead atoms. The van der Waals surface area contributed by atoms with E-state index in [9.17, 15) is 10.1 Å². The van der Waals surface area contributed by atoms with Crippen LogP contribution in [0.5, 0.6) is 0 Å². The third kappa shape index (κ3) is 4.45. The predicted octanol–water partition coefficient (Wildman–Crippen LogP) is 4.47. The summed E-state index contributed by atoms with van der Waals surface area (Å²) in [5.41, 5.74) is 2.85. The molecule has 0 unspecified atom stereocenters. The van der Waals surface area contributed by atoms with Crippen LogP contribution in [0.25, 0.3) is 0 Å². The van der Waals surface area contributed by atoms with Crippen LogP contribution in [0.1, 0.15) is 34.9 Å². The Bertz CT molecular complexity index is 855. The fourth-order valence-electron chi connectivity index (χ4n) is 3.37. The number of hydrogen-bond donors (Lipinski definition) is 1. The molecule has 1 aliphatic carbocycles. The third-order valence-corrected chi connectivity index (χ3v) is 6.04. The monoisotopic (exact) mass is 387 g/mol. The average molecular weight is 388 g/mol. The molecule has 0 aliphatic heterocycles. The lowest BCUT2D eigenvalue weighted by Crippen LogP contribution is -2.29. The van der Waals surface area contributed by atoms with E-state index in [-0.39, 0.29) is 12.5 Å². The molecule has 1 aromatic heterocycles. The minimum atomic E-state index is -0.0994. The predicted molar refractivity (Wildman–Crippen MR) is 107 cm³/mol. The van der Waals surface area contributed by atoms with Crippen LogP contribution in [0.3, 0.4) is 0 Å². The molecule has 0 saturated heterocycles. The lowest BCUT2D eigenvalue weighted by atomic mass is 9.89. The van der Waals surface area contributed by atoms with Crippen LogP contribution in [0.4, 0.5) is 5.00 Å². The molecule has 4 nitrogen and oxygen atoms in total. The van der Waals surface area contributed by atoms with E-state index in [0.29, 0.717) is 28.0 Å². The van der Waals surface area contributed by atoms with Crippen molar-refractivity contribution in [2.24, 2.45) is 5.92 Å². The highest BCUT2D eigenvalue weighted by atomic mass is 35.5. The minimum absolute atomic E-state index is 0.0994. The van der Waals surface area contributed by atoms with Gasteiger partial charge in [-0.15, -0.1) is 11.3 Å². The molecule has 136 valence electrons. The number of rotatable bonds is 5. The van der Waals surface area contributed by atoms with E-state index < -0.39 is 0 Å². The topological polar surface area (TPSA) is 56.1 Å². The second-order valence-corrected chi connectivity index (χ2v) is 8.56. The summed E-state index contributed by atoms with van der Waals surface area (Å²) >= 11 is 7.57. The standard InChI is InChI=1S/C20H22ClN3OS/c1-13-6-7-16-17(10-22)20(26-18(16)8-13)23-19(25)12-24(2)11-14-4-3-5-15(21)9-14/h3-5,9,13H,6-8,11-12H2,1-2H3,(H,23,25)/t13-/m0/s1. The van der Waals surface area contributed by atoms with Crippen molar-refractivity contribution in [1.29, 1.82) is 5.26 Å². The molecule has 1 N–H and O–H groups in total. The van der Waals surface area contributed by atoms with Gasteiger partial charge in [0.05, 0.1) is 12.1 Å². The summed E-state index contributed by atoms with van der Waals surface area (Å²) in [7, 11) is 1.90. The van der Waals surface area contributed by atoms with Gasteiger partial charge in [-0.25, -0.2) is 0 Å². The molecule has 1 atom stereocenters. The molecule has 26 heavy (non-hydrogen) atoms. The Morgan fingerprint density at radius 1 is 1.50 bits per heavy atom. The zero-order valence-corrected chi connectivity index (χ0v) is 16.6. The fraction of sp³-hybridized carbons (Fsp3) is 0.400. The number of likely N-dealkylation sites (N-methyl/N-ethyl adjacent to an activating group) is 1. The number of carbonyl (C=O) groups is 1. The van der Waals surface area contributed by atoms with Crippen LogP contribution in [0, 0.1) is 17.2 Å². The van der Waals surface area contributed by atoms with E-state index in [2.05, 4.69) is 18.3 Å². The first-order valence-corrected chi connectivity index (χ1v) is 9.93. The maximum atomic E-state index is 12.4. The lowest BCUT2D eigenvalue weighted by Gasteiger charge is -2.17. The molecule has 1 aromatic carbocycles. The first-order valence-electron chi connectivity index (χ1n) is 8.73. The highest BCUT2D eigenvalue weighted by Crippen LogP contribution is 2.39. The molecule has 2 aromatic rings. The first-order chi connectivity index (χ1) is 12.5. The van der Waals surface area contributed by atoms with Crippen LogP contribution >= 0.6 is 22.9 Å². The minimum Gasteiger partial charge on any atom is -0.315 e. The zero-order valence-electron chi connectivity index (χ0n) is 15.0. The van der Waals surface area contributed by atoms with Crippen LogP contribution in [-0.4, -0.2) is 24.4 Å². The molecule has 0 fully saturated rings. The number of nitriles is 1. The Hall–Kier alpha value is -1.87. The second kappa shape index (κ2) is 8.22. The summed E-state index contributed by atoms with van der Waals surface area (Å²) in [6.45, 7) is 3.13. The van der Waals surface area contributed by atoms with Gasteiger partial charge in [-0.3, -0.25) is 9.69 Å². The molecule has 1 amide bonds. The van der Waals surface area contributed by atoms with Gasteiger partial charge in [-0.2, -0.15) is 5.26 Å². The molecular formula is C20H22ClN3OS. The highest BCUT2D eigenvalue weighted by Gasteiger charge is 2.24. The Labute approximate surface area is 163 Å². The van der Waals surface area contributed by atoms with Gasteiger partial charge in [0.2, 0.25) is 5.91 Å². The van der Waals surface area contributed by atoms with Crippen LogP contribution in [-0.2, 0) is 24.2 Å². The van der Waals surface area contributed by atoms with Crippen molar-refractivity contribution in [2.45, 2.75) is 32.7 Å². The zero-order chi connectivity index (χ0) is 18.7. The van der Waals surface area contributed by atoms with Gasteiger partial charge in [0, 0.05) is 16.4 Å². The Morgan fingerprint density at radius 3 is 3.04 bits per heavy atom. The summed E-state index contributed by atoms with van der Waals surface area (Å²) in [6.07, 6.45) is 3.04. The number of carbonyl (C=O) groups excluding carboxylic acids is 1. The quantitative estimate of drug-likeness (QED) is 0.823. The Balaban J connectivity index is 1.64. The van der Waals surface area contributed by atoms with Gasteiger partial charge in [-0.1, -0.05) is 30.7 Å². The van der Waals surface area contributed by atoms with Crippen molar-refractivity contribution in [3.05, 3.63) is 50.9 Å². The van der Waals surface area contributed by atoms with Crippen LogP contribution in [0.15, 0.2) is 24.3 Å². The lowest BCUT2D eigenvalue weighted by molar-refractivity contribution is -0.117. The average Bonchev–Trinajstić information content (AvgIpc) is 2.90. The second-order valence-electron chi connectivity index (χ2n) is 7.02. The number of amides is 1. The van der Waals surface area contributed by atoms with E-state index in [1.54, 1.807) is 11.3 Å². The normalized spacial score (nSPS) is 16.2. The number of thiophene rings is 1. The van der Waals surface area contributed by atoms with E-state index >= 15 is 0 Å². The number of benzene rings is 1. The third-order valence-electron chi connectivity index (χ3n) is 4.63. The number of anilines is 1. The van der Waals surface area contributed by atoms with Gasteiger partial charge >= 0.3 is 0 Å².